The standard InChI is InChI=1S/C11H14N2O3/c12-11(7-2-1-3-7)9-6-8(13(15)16)4-5-10(9)14/h4-7,11,14H,1-3,12H2/t11-/m1/s1. The van der Waals surface area contributed by atoms with Gasteiger partial charge in [0.15, 0.2) is 0 Å². The highest BCUT2D eigenvalue weighted by Gasteiger charge is 2.28. The summed E-state index contributed by atoms with van der Waals surface area (Å²) in [6.07, 6.45) is 3.21. The predicted octanol–water partition coefficient (Wildman–Crippen LogP) is 2.10. The van der Waals surface area contributed by atoms with Crippen molar-refractivity contribution in [1.29, 1.82) is 0 Å². The number of phenols is 1. The molecule has 0 aromatic heterocycles. The molecule has 1 fully saturated rings. The van der Waals surface area contributed by atoms with Crippen molar-refractivity contribution in [2.24, 2.45) is 11.7 Å². The maximum Gasteiger partial charge on any atom is 0.270 e. The summed E-state index contributed by atoms with van der Waals surface area (Å²) in [4.78, 5) is 10.1. The first-order valence-corrected chi connectivity index (χ1v) is 5.32. The quantitative estimate of drug-likeness (QED) is 0.605. The van der Waals surface area contributed by atoms with Gasteiger partial charge in [0.05, 0.1) is 4.92 Å². The molecule has 2 rings (SSSR count). The lowest BCUT2D eigenvalue weighted by Crippen LogP contribution is -2.26. The van der Waals surface area contributed by atoms with Gasteiger partial charge in [-0.15, -0.1) is 0 Å². The second kappa shape index (κ2) is 4.09. The molecule has 0 radical (unpaired) electrons. The van der Waals surface area contributed by atoms with Crippen LogP contribution in [-0.4, -0.2) is 10.0 Å². The first kappa shape index (κ1) is 10.9. The summed E-state index contributed by atoms with van der Waals surface area (Å²) >= 11 is 0. The Balaban J connectivity index is 2.30. The Labute approximate surface area is 93.0 Å². The van der Waals surface area contributed by atoms with Gasteiger partial charge in [-0.25, -0.2) is 0 Å². The number of nitrogens with zero attached hydrogens (tertiary/aromatic N) is 1. The molecule has 0 saturated heterocycles. The summed E-state index contributed by atoms with van der Waals surface area (Å²) in [6, 6.07) is 3.70. The molecule has 0 spiro atoms. The molecule has 5 heteroatoms. The summed E-state index contributed by atoms with van der Waals surface area (Å²) in [5.74, 6) is 0.387. The molecule has 86 valence electrons. The Morgan fingerprint density at radius 3 is 2.69 bits per heavy atom. The minimum absolute atomic E-state index is 0.0254. The van der Waals surface area contributed by atoms with Crippen molar-refractivity contribution in [2.45, 2.75) is 25.3 Å². The normalized spacial score (nSPS) is 17.8. The van der Waals surface area contributed by atoms with E-state index >= 15 is 0 Å². The number of aromatic hydroxyl groups is 1. The molecule has 1 aliphatic rings. The van der Waals surface area contributed by atoms with Crippen LogP contribution in [0.15, 0.2) is 18.2 Å². The van der Waals surface area contributed by atoms with Gasteiger partial charge < -0.3 is 10.8 Å². The summed E-state index contributed by atoms with van der Waals surface area (Å²) in [6.45, 7) is 0. The minimum Gasteiger partial charge on any atom is -0.508 e. The van der Waals surface area contributed by atoms with E-state index in [-0.39, 0.29) is 17.5 Å². The summed E-state index contributed by atoms with van der Waals surface area (Å²) < 4.78 is 0. The second-order valence-corrected chi connectivity index (χ2v) is 4.22. The van der Waals surface area contributed by atoms with Crippen molar-refractivity contribution < 1.29 is 10.0 Å². The van der Waals surface area contributed by atoms with Crippen molar-refractivity contribution in [2.75, 3.05) is 0 Å². The van der Waals surface area contributed by atoms with Gasteiger partial charge in [0.25, 0.3) is 5.69 Å². The van der Waals surface area contributed by atoms with E-state index in [4.69, 9.17) is 5.73 Å². The van der Waals surface area contributed by atoms with Crippen LogP contribution in [0.25, 0.3) is 0 Å². The monoisotopic (exact) mass is 222 g/mol. The van der Waals surface area contributed by atoms with Gasteiger partial charge in [0, 0.05) is 23.7 Å². The summed E-state index contributed by atoms with van der Waals surface area (Å²) in [7, 11) is 0. The molecule has 1 aliphatic carbocycles. The zero-order valence-electron chi connectivity index (χ0n) is 8.80. The molecule has 5 nitrogen and oxygen atoms in total. The Morgan fingerprint density at radius 1 is 1.50 bits per heavy atom. The van der Waals surface area contributed by atoms with Crippen molar-refractivity contribution in [1.82, 2.24) is 0 Å². The first-order valence-electron chi connectivity index (χ1n) is 5.32. The van der Waals surface area contributed by atoms with E-state index in [1.165, 1.54) is 18.2 Å². The van der Waals surface area contributed by atoms with E-state index in [0.29, 0.717) is 11.5 Å². The smallest absolute Gasteiger partial charge is 0.270 e. The molecule has 16 heavy (non-hydrogen) atoms. The molecule has 0 bridgehead atoms. The maximum absolute atomic E-state index is 10.6. The Hall–Kier alpha value is -1.62. The third-order valence-corrected chi connectivity index (χ3v) is 3.24. The zero-order chi connectivity index (χ0) is 11.7. The van der Waals surface area contributed by atoms with Crippen LogP contribution < -0.4 is 5.73 Å². The molecule has 1 aromatic rings. The van der Waals surface area contributed by atoms with Gasteiger partial charge in [0.1, 0.15) is 5.75 Å². The molecule has 3 N–H and O–H groups in total. The molecule has 0 amide bonds. The second-order valence-electron chi connectivity index (χ2n) is 4.22. The minimum atomic E-state index is -0.476. The molecule has 0 unspecified atom stereocenters. The molecule has 1 saturated carbocycles. The van der Waals surface area contributed by atoms with Crippen molar-refractivity contribution in [3.8, 4) is 5.75 Å². The Kier molecular flexibility index (Phi) is 2.78. The third-order valence-electron chi connectivity index (χ3n) is 3.24. The lowest BCUT2D eigenvalue weighted by molar-refractivity contribution is -0.385. The zero-order valence-corrected chi connectivity index (χ0v) is 8.80. The number of nitro groups is 1. The van der Waals surface area contributed by atoms with E-state index in [0.717, 1.165) is 19.3 Å². The number of rotatable bonds is 3. The third kappa shape index (κ3) is 1.86. The molecular formula is C11H14N2O3. The highest BCUT2D eigenvalue weighted by Crippen LogP contribution is 2.39. The van der Waals surface area contributed by atoms with Gasteiger partial charge in [-0.2, -0.15) is 0 Å². The molecule has 1 atom stereocenters. The highest BCUT2D eigenvalue weighted by molar-refractivity contribution is 5.44. The van der Waals surface area contributed by atoms with Crippen LogP contribution in [-0.2, 0) is 0 Å². The van der Waals surface area contributed by atoms with Crippen LogP contribution >= 0.6 is 0 Å². The molecular weight excluding hydrogens is 208 g/mol. The Bertz CT molecular complexity index is 416. The van der Waals surface area contributed by atoms with Crippen molar-refractivity contribution >= 4 is 5.69 Å². The maximum atomic E-state index is 10.6. The van der Waals surface area contributed by atoms with Crippen LogP contribution in [0.1, 0.15) is 30.9 Å². The van der Waals surface area contributed by atoms with Crippen LogP contribution in [0.3, 0.4) is 0 Å². The Morgan fingerprint density at radius 2 is 2.19 bits per heavy atom. The lowest BCUT2D eigenvalue weighted by atomic mass is 9.77. The van der Waals surface area contributed by atoms with Crippen LogP contribution in [0.5, 0.6) is 5.75 Å². The summed E-state index contributed by atoms with van der Waals surface area (Å²) in [5.41, 5.74) is 6.45. The first-order chi connectivity index (χ1) is 7.59. The van der Waals surface area contributed by atoms with Gasteiger partial charge in [-0.05, 0) is 24.8 Å². The average Bonchev–Trinajstić information content (AvgIpc) is 2.15. The number of nitrogens with two attached hydrogens (primary N) is 1. The van der Waals surface area contributed by atoms with E-state index in [1.807, 2.05) is 0 Å². The van der Waals surface area contributed by atoms with Gasteiger partial charge in [0.2, 0.25) is 0 Å². The van der Waals surface area contributed by atoms with E-state index in [1.54, 1.807) is 0 Å². The number of phenolic OH excluding ortho intramolecular Hbond substituents is 1. The van der Waals surface area contributed by atoms with Gasteiger partial charge >= 0.3 is 0 Å². The summed E-state index contributed by atoms with van der Waals surface area (Å²) in [5, 5.41) is 20.3. The lowest BCUT2D eigenvalue weighted by Gasteiger charge is -2.31. The largest absolute Gasteiger partial charge is 0.508 e. The molecule has 0 aliphatic heterocycles. The van der Waals surface area contributed by atoms with E-state index < -0.39 is 4.92 Å². The number of benzene rings is 1. The molecule has 0 heterocycles. The van der Waals surface area contributed by atoms with E-state index in [9.17, 15) is 15.2 Å². The topological polar surface area (TPSA) is 89.4 Å². The van der Waals surface area contributed by atoms with Crippen molar-refractivity contribution in [3.05, 3.63) is 33.9 Å². The van der Waals surface area contributed by atoms with Crippen LogP contribution in [0, 0.1) is 16.0 Å². The average molecular weight is 222 g/mol. The SMILES string of the molecule is N[C@@H](c1cc([N+](=O)[O-])ccc1O)C1CCC1. The van der Waals surface area contributed by atoms with Crippen molar-refractivity contribution in [3.63, 3.8) is 0 Å². The fraction of sp³-hybridized carbons (Fsp3) is 0.455. The number of hydrogen-bond donors (Lipinski definition) is 2. The van der Waals surface area contributed by atoms with Gasteiger partial charge in [-0.1, -0.05) is 6.42 Å². The number of hydrogen-bond acceptors (Lipinski definition) is 4. The fourth-order valence-electron chi connectivity index (χ4n) is 1.98. The predicted molar refractivity (Wildman–Crippen MR) is 59.0 cm³/mol. The van der Waals surface area contributed by atoms with Crippen LogP contribution in [0.4, 0.5) is 5.69 Å². The molecule has 1 aromatic carbocycles. The van der Waals surface area contributed by atoms with Crippen LogP contribution in [0.2, 0.25) is 0 Å². The highest BCUT2D eigenvalue weighted by atomic mass is 16.6. The van der Waals surface area contributed by atoms with E-state index in [2.05, 4.69) is 0 Å². The number of nitro benzene ring substituents is 1. The fourth-order valence-corrected chi connectivity index (χ4v) is 1.98. The van der Waals surface area contributed by atoms with Gasteiger partial charge in [-0.3, -0.25) is 10.1 Å². The number of non-ortho nitro benzene ring substituents is 1.